The molecule has 0 spiro atoms. The molecule has 0 unspecified atom stereocenters. The summed E-state index contributed by atoms with van der Waals surface area (Å²) in [6.07, 6.45) is -0.287. The van der Waals surface area contributed by atoms with Crippen molar-refractivity contribution in [1.82, 2.24) is 0 Å². The van der Waals surface area contributed by atoms with E-state index in [0.717, 1.165) is 22.3 Å². The molecule has 3 aromatic rings. The van der Waals surface area contributed by atoms with Crippen molar-refractivity contribution in [3.63, 3.8) is 0 Å². The van der Waals surface area contributed by atoms with E-state index >= 15 is 0 Å². The highest BCUT2D eigenvalue weighted by molar-refractivity contribution is 6.11. The number of amides is 1. The number of hydrogen-bond acceptors (Lipinski definition) is 3. The fraction of sp³-hybridized carbons (Fsp3) is 0.310. The normalized spacial score (nSPS) is 17.9. The number of fused-ring (bicyclic) bond motifs is 1. The van der Waals surface area contributed by atoms with Gasteiger partial charge in [-0.2, -0.15) is 0 Å². The number of para-hydroxylation sites is 1. The maximum absolute atomic E-state index is 13.5. The number of carbonyl (C=O) groups is 2. The van der Waals surface area contributed by atoms with Crippen LogP contribution in [0.2, 0.25) is 0 Å². The van der Waals surface area contributed by atoms with Crippen molar-refractivity contribution in [2.45, 2.75) is 58.6 Å². The first-order valence-electron chi connectivity index (χ1n) is 11.3. The van der Waals surface area contributed by atoms with Crippen LogP contribution in [0.3, 0.4) is 0 Å². The van der Waals surface area contributed by atoms with E-state index in [1.54, 1.807) is 17.0 Å². The lowest BCUT2D eigenvalue weighted by atomic mass is 9.81. The summed E-state index contributed by atoms with van der Waals surface area (Å²) in [5.74, 6) is -0.680. The Kier molecular flexibility index (Phi) is 5.75. The Balaban J connectivity index is 1.69. The third-order valence-corrected chi connectivity index (χ3v) is 6.52. The summed E-state index contributed by atoms with van der Waals surface area (Å²) in [4.78, 5) is 28.6. The highest BCUT2D eigenvalue weighted by atomic mass is 16.3. The zero-order chi connectivity index (χ0) is 24.0. The van der Waals surface area contributed by atoms with E-state index in [-0.39, 0.29) is 17.6 Å². The Labute approximate surface area is 195 Å². The van der Waals surface area contributed by atoms with Crippen LogP contribution in [0.25, 0.3) is 0 Å². The van der Waals surface area contributed by atoms with Crippen LogP contribution in [0.15, 0.2) is 66.7 Å². The molecule has 0 bridgehead atoms. The second-order valence-corrected chi connectivity index (χ2v) is 10.1. The molecule has 0 aromatic heterocycles. The minimum absolute atomic E-state index is 0.0341. The molecule has 4 nitrogen and oxygen atoms in total. The van der Waals surface area contributed by atoms with Crippen LogP contribution >= 0.6 is 0 Å². The number of ketones is 1. The van der Waals surface area contributed by atoms with E-state index in [0.29, 0.717) is 23.4 Å². The first-order chi connectivity index (χ1) is 15.5. The van der Waals surface area contributed by atoms with Crippen LogP contribution in [0.1, 0.15) is 65.4 Å². The predicted octanol–water partition coefficient (Wildman–Crippen LogP) is 5.61. The van der Waals surface area contributed by atoms with Gasteiger partial charge < -0.3 is 10.0 Å². The summed E-state index contributed by atoms with van der Waals surface area (Å²) < 4.78 is 0. The molecule has 1 atom stereocenters. The maximum Gasteiger partial charge on any atom is 0.264 e. The standard InChI is InChI=1S/C29H31NO3/c1-19-15-22(28(3,4)5)16-20(2)26(19)25(31)17-29(33)23-13-9-10-14-24(23)30(27(29)32)18-21-11-7-6-8-12-21/h6-16,33H,17-18H2,1-5H3/t29-/m0/s1. The summed E-state index contributed by atoms with van der Waals surface area (Å²) >= 11 is 0. The molecule has 0 aliphatic carbocycles. The quantitative estimate of drug-likeness (QED) is 0.524. The van der Waals surface area contributed by atoms with Gasteiger partial charge in [-0.25, -0.2) is 0 Å². The highest BCUT2D eigenvalue weighted by Crippen LogP contribution is 2.44. The summed E-state index contributed by atoms with van der Waals surface area (Å²) in [6, 6.07) is 20.9. The molecule has 1 aliphatic heterocycles. The maximum atomic E-state index is 13.5. The van der Waals surface area contributed by atoms with Gasteiger partial charge in [-0.3, -0.25) is 9.59 Å². The van der Waals surface area contributed by atoms with Gasteiger partial charge in [0.2, 0.25) is 0 Å². The van der Waals surface area contributed by atoms with Crippen molar-refractivity contribution in [3.8, 4) is 0 Å². The molecule has 3 aromatic carbocycles. The Morgan fingerprint density at radius 3 is 2.12 bits per heavy atom. The third-order valence-electron chi connectivity index (χ3n) is 6.52. The van der Waals surface area contributed by atoms with E-state index in [1.807, 2.05) is 68.4 Å². The Hall–Kier alpha value is -3.24. The predicted molar refractivity (Wildman–Crippen MR) is 132 cm³/mol. The number of nitrogens with zero attached hydrogens (tertiary/aromatic N) is 1. The van der Waals surface area contributed by atoms with Gasteiger partial charge in [-0.1, -0.05) is 81.4 Å². The molecule has 1 amide bonds. The van der Waals surface area contributed by atoms with Crippen molar-refractivity contribution in [1.29, 1.82) is 0 Å². The number of rotatable bonds is 5. The average Bonchev–Trinajstić information content (AvgIpc) is 2.95. The zero-order valence-corrected chi connectivity index (χ0v) is 20.0. The van der Waals surface area contributed by atoms with Gasteiger partial charge in [-0.05, 0) is 47.6 Å². The first-order valence-corrected chi connectivity index (χ1v) is 11.3. The molecule has 170 valence electrons. The number of anilines is 1. The topological polar surface area (TPSA) is 57.6 Å². The molecule has 33 heavy (non-hydrogen) atoms. The molecule has 4 heteroatoms. The first kappa shape index (κ1) is 22.9. The number of benzene rings is 3. The van der Waals surface area contributed by atoms with Crippen LogP contribution in [-0.4, -0.2) is 16.8 Å². The highest BCUT2D eigenvalue weighted by Gasteiger charge is 2.51. The van der Waals surface area contributed by atoms with Crippen LogP contribution < -0.4 is 4.90 Å². The lowest BCUT2D eigenvalue weighted by Gasteiger charge is -2.25. The zero-order valence-electron chi connectivity index (χ0n) is 20.0. The van der Waals surface area contributed by atoms with E-state index < -0.39 is 11.5 Å². The minimum atomic E-state index is -1.88. The van der Waals surface area contributed by atoms with Gasteiger partial charge >= 0.3 is 0 Å². The second kappa shape index (κ2) is 8.27. The van der Waals surface area contributed by atoms with Crippen LogP contribution in [0.5, 0.6) is 0 Å². The fourth-order valence-corrected chi connectivity index (χ4v) is 4.76. The molecule has 0 fully saturated rings. The summed E-state index contributed by atoms with van der Waals surface area (Å²) in [6.45, 7) is 10.6. The fourth-order valence-electron chi connectivity index (χ4n) is 4.76. The number of aryl methyl sites for hydroxylation is 2. The molecule has 1 N–H and O–H groups in total. The molecule has 0 saturated heterocycles. The SMILES string of the molecule is Cc1cc(C(C)(C)C)cc(C)c1C(=O)C[C@@]1(O)C(=O)N(Cc2ccccc2)c2ccccc21. The number of Topliss-reactive ketones (excluding diaryl/α,β-unsaturated/α-hetero) is 1. The Bertz CT molecular complexity index is 1200. The van der Waals surface area contributed by atoms with Gasteiger partial charge in [0, 0.05) is 11.1 Å². The van der Waals surface area contributed by atoms with Crippen molar-refractivity contribution >= 4 is 17.4 Å². The smallest absolute Gasteiger partial charge is 0.264 e. The molecule has 4 rings (SSSR count). The molecule has 1 aliphatic rings. The molecular weight excluding hydrogens is 410 g/mol. The Morgan fingerprint density at radius 2 is 1.52 bits per heavy atom. The van der Waals surface area contributed by atoms with Crippen molar-refractivity contribution < 1.29 is 14.7 Å². The lowest BCUT2D eigenvalue weighted by Crippen LogP contribution is -2.41. The Morgan fingerprint density at radius 1 is 0.939 bits per heavy atom. The molecular formula is C29H31NO3. The average molecular weight is 442 g/mol. The third kappa shape index (κ3) is 4.11. The van der Waals surface area contributed by atoms with E-state index in [9.17, 15) is 14.7 Å². The van der Waals surface area contributed by atoms with Crippen molar-refractivity contribution in [2.24, 2.45) is 0 Å². The van der Waals surface area contributed by atoms with Crippen LogP contribution in [0.4, 0.5) is 5.69 Å². The number of carbonyl (C=O) groups excluding carboxylic acids is 2. The molecule has 1 heterocycles. The second-order valence-electron chi connectivity index (χ2n) is 10.1. The van der Waals surface area contributed by atoms with Crippen LogP contribution in [-0.2, 0) is 22.4 Å². The summed E-state index contributed by atoms with van der Waals surface area (Å²) in [5, 5.41) is 11.6. The van der Waals surface area contributed by atoms with Crippen molar-refractivity contribution in [2.75, 3.05) is 4.90 Å². The van der Waals surface area contributed by atoms with Gasteiger partial charge in [0.15, 0.2) is 11.4 Å². The lowest BCUT2D eigenvalue weighted by molar-refractivity contribution is -0.136. The van der Waals surface area contributed by atoms with Crippen LogP contribution in [0, 0.1) is 13.8 Å². The molecule has 0 saturated carbocycles. The summed E-state index contributed by atoms with van der Waals surface area (Å²) in [5.41, 5.74) is 3.66. The largest absolute Gasteiger partial charge is 0.375 e. The minimum Gasteiger partial charge on any atom is -0.375 e. The monoisotopic (exact) mass is 441 g/mol. The van der Waals surface area contributed by atoms with Gasteiger partial charge in [0.25, 0.3) is 5.91 Å². The summed E-state index contributed by atoms with van der Waals surface area (Å²) in [7, 11) is 0. The number of hydrogen-bond donors (Lipinski definition) is 1. The van der Waals surface area contributed by atoms with E-state index in [2.05, 4.69) is 20.8 Å². The number of aliphatic hydroxyl groups is 1. The van der Waals surface area contributed by atoms with E-state index in [4.69, 9.17) is 0 Å². The van der Waals surface area contributed by atoms with Crippen molar-refractivity contribution in [3.05, 3.63) is 100 Å². The van der Waals surface area contributed by atoms with E-state index in [1.165, 1.54) is 0 Å². The molecule has 0 radical (unpaired) electrons. The van der Waals surface area contributed by atoms with Gasteiger partial charge in [0.1, 0.15) is 0 Å². The van der Waals surface area contributed by atoms with Gasteiger partial charge in [0.05, 0.1) is 18.7 Å². The van der Waals surface area contributed by atoms with Gasteiger partial charge in [-0.15, -0.1) is 0 Å².